The van der Waals surface area contributed by atoms with Gasteiger partial charge in [0, 0.05) is 29.7 Å². The van der Waals surface area contributed by atoms with E-state index >= 15 is 0 Å². The molecule has 3 rings (SSSR count). The Morgan fingerprint density at radius 3 is 2.57 bits per heavy atom. The van der Waals surface area contributed by atoms with Crippen molar-refractivity contribution < 1.29 is 9.59 Å². The largest absolute Gasteiger partial charge is 0.397 e. The number of anilines is 3. The van der Waals surface area contributed by atoms with Crippen LogP contribution in [0, 0.1) is 0 Å². The summed E-state index contributed by atoms with van der Waals surface area (Å²) in [5, 5.41) is 9.08. The fourth-order valence-corrected chi connectivity index (χ4v) is 3.20. The van der Waals surface area contributed by atoms with Gasteiger partial charge in [-0.15, -0.1) is 11.3 Å². The van der Waals surface area contributed by atoms with Gasteiger partial charge in [-0.1, -0.05) is 30.3 Å². The number of thiazole rings is 1. The van der Waals surface area contributed by atoms with Gasteiger partial charge in [-0.05, 0) is 24.3 Å². The summed E-state index contributed by atoms with van der Waals surface area (Å²) >= 11 is 1.32. The van der Waals surface area contributed by atoms with E-state index in [1.807, 2.05) is 30.3 Å². The molecule has 1 heterocycles. The zero-order valence-electron chi connectivity index (χ0n) is 15.1. The Morgan fingerprint density at radius 2 is 1.79 bits per heavy atom. The van der Waals surface area contributed by atoms with Crippen molar-refractivity contribution in [3.63, 3.8) is 0 Å². The zero-order valence-corrected chi connectivity index (χ0v) is 16.0. The minimum absolute atomic E-state index is 0.147. The van der Waals surface area contributed by atoms with Gasteiger partial charge in [0.25, 0.3) is 5.91 Å². The number of rotatable bonds is 8. The average molecular weight is 395 g/mol. The number of nitrogens with zero attached hydrogens (tertiary/aromatic N) is 1. The highest BCUT2D eigenvalue weighted by molar-refractivity contribution is 7.13. The molecule has 2 amide bonds. The molecule has 0 aliphatic rings. The first-order chi connectivity index (χ1) is 13.6. The van der Waals surface area contributed by atoms with Crippen LogP contribution in [0.3, 0.4) is 0 Å². The Bertz CT molecular complexity index is 943. The second-order valence-electron chi connectivity index (χ2n) is 5.99. The second kappa shape index (κ2) is 9.52. The monoisotopic (exact) mass is 395 g/mol. The number of hydrogen-bond acceptors (Lipinski definition) is 6. The van der Waals surface area contributed by atoms with Crippen molar-refractivity contribution in [2.45, 2.75) is 13.0 Å². The van der Waals surface area contributed by atoms with Gasteiger partial charge in [-0.25, -0.2) is 4.98 Å². The molecule has 0 spiro atoms. The third kappa shape index (κ3) is 5.55. The van der Waals surface area contributed by atoms with Crippen LogP contribution < -0.4 is 21.7 Å². The lowest BCUT2D eigenvalue weighted by Crippen LogP contribution is -2.27. The van der Waals surface area contributed by atoms with E-state index in [4.69, 9.17) is 5.73 Å². The van der Waals surface area contributed by atoms with E-state index in [9.17, 15) is 9.59 Å². The normalized spacial score (nSPS) is 10.3. The predicted octanol–water partition coefficient (Wildman–Crippen LogP) is 3.10. The van der Waals surface area contributed by atoms with Crippen LogP contribution in [-0.4, -0.2) is 23.3 Å². The van der Waals surface area contributed by atoms with Gasteiger partial charge in [0.2, 0.25) is 5.91 Å². The second-order valence-corrected chi connectivity index (χ2v) is 7.11. The predicted molar refractivity (Wildman–Crippen MR) is 112 cm³/mol. The molecule has 8 heteroatoms. The third-order valence-electron chi connectivity index (χ3n) is 3.86. The summed E-state index contributed by atoms with van der Waals surface area (Å²) in [5.74, 6) is -0.506. The molecule has 2 aromatic carbocycles. The molecular weight excluding hydrogens is 374 g/mol. The van der Waals surface area contributed by atoms with Gasteiger partial charge >= 0.3 is 0 Å². The molecule has 5 N–H and O–H groups in total. The van der Waals surface area contributed by atoms with E-state index in [0.717, 1.165) is 10.6 Å². The highest BCUT2D eigenvalue weighted by Crippen LogP contribution is 2.17. The Balaban J connectivity index is 1.42. The van der Waals surface area contributed by atoms with E-state index in [0.29, 0.717) is 22.9 Å². The van der Waals surface area contributed by atoms with Crippen LogP contribution in [0.4, 0.5) is 17.1 Å². The van der Waals surface area contributed by atoms with Crippen molar-refractivity contribution in [1.29, 1.82) is 0 Å². The molecule has 0 radical (unpaired) electrons. The number of carbonyl (C=O) groups excluding carboxylic acids is 2. The van der Waals surface area contributed by atoms with E-state index in [2.05, 4.69) is 20.9 Å². The molecule has 0 saturated carbocycles. The molecule has 0 fully saturated rings. The minimum atomic E-state index is -0.289. The molecule has 0 bridgehead atoms. The Hall–Kier alpha value is -3.39. The lowest BCUT2D eigenvalue weighted by molar-refractivity contribution is -0.116. The number of carbonyl (C=O) groups is 2. The van der Waals surface area contributed by atoms with Crippen LogP contribution in [0.15, 0.2) is 60.8 Å². The number of benzene rings is 2. The van der Waals surface area contributed by atoms with E-state index in [-0.39, 0.29) is 24.8 Å². The first-order valence-corrected chi connectivity index (χ1v) is 9.59. The lowest BCUT2D eigenvalue weighted by Gasteiger charge is -2.08. The van der Waals surface area contributed by atoms with Crippen molar-refractivity contribution in [2.75, 3.05) is 22.9 Å². The van der Waals surface area contributed by atoms with Crippen LogP contribution in [-0.2, 0) is 11.3 Å². The van der Waals surface area contributed by atoms with Crippen molar-refractivity contribution in [3.05, 3.63) is 70.7 Å². The number of nitrogens with one attached hydrogen (secondary N) is 3. The van der Waals surface area contributed by atoms with Gasteiger partial charge in [0.1, 0.15) is 0 Å². The molecule has 0 aliphatic carbocycles. The quantitative estimate of drug-likeness (QED) is 0.438. The van der Waals surface area contributed by atoms with Crippen molar-refractivity contribution >= 4 is 40.2 Å². The highest BCUT2D eigenvalue weighted by atomic mass is 32.1. The molecule has 1 aromatic heterocycles. The highest BCUT2D eigenvalue weighted by Gasteiger charge is 2.12. The van der Waals surface area contributed by atoms with Crippen LogP contribution in [0.1, 0.15) is 21.1 Å². The molecule has 3 aromatic rings. The Labute approximate surface area is 167 Å². The number of amides is 2. The van der Waals surface area contributed by atoms with E-state index in [1.54, 1.807) is 30.5 Å². The molecule has 0 saturated heterocycles. The summed E-state index contributed by atoms with van der Waals surface area (Å²) in [6, 6.07) is 16.8. The topological polar surface area (TPSA) is 109 Å². The smallest absolute Gasteiger partial charge is 0.280 e. The fourth-order valence-electron chi connectivity index (χ4n) is 2.43. The zero-order chi connectivity index (χ0) is 19.8. The minimum Gasteiger partial charge on any atom is -0.397 e. The van der Waals surface area contributed by atoms with E-state index in [1.165, 1.54) is 11.3 Å². The van der Waals surface area contributed by atoms with Gasteiger partial charge in [0.15, 0.2) is 5.01 Å². The van der Waals surface area contributed by atoms with Gasteiger partial charge in [0.05, 0.1) is 17.9 Å². The number of para-hydroxylation sites is 3. The Kier molecular flexibility index (Phi) is 6.59. The molecule has 28 heavy (non-hydrogen) atoms. The standard InChI is InChI=1S/C20H21N5O2S/c21-16-8-4-5-9-17(16)25-18(26)10-11-22-19(27)20-24-13-15(28-20)12-23-14-6-2-1-3-7-14/h1-9,13,23H,10-12,21H2,(H,22,27)(H,25,26). The Morgan fingerprint density at radius 1 is 1.04 bits per heavy atom. The third-order valence-corrected chi connectivity index (χ3v) is 4.86. The molecular formula is C20H21N5O2S. The van der Waals surface area contributed by atoms with Crippen molar-refractivity contribution in [3.8, 4) is 0 Å². The number of nitrogen functional groups attached to an aromatic ring is 1. The summed E-state index contributed by atoms with van der Waals surface area (Å²) in [7, 11) is 0. The average Bonchev–Trinajstić information content (AvgIpc) is 3.18. The lowest BCUT2D eigenvalue weighted by atomic mass is 10.2. The van der Waals surface area contributed by atoms with Crippen molar-refractivity contribution in [1.82, 2.24) is 10.3 Å². The first-order valence-electron chi connectivity index (χ1n) is 8.78. The molecule has 0 unspecified atom stereocenters. The SMILES string of the molecule is Nc1ccccc1NC(=O)CCNC(=O)c1ncc(CNc2ccccc2)s1. The van der Waals surface area contributed by atoms with E-state index < -0.39 is 0 Å². The summed E-state index contributed by atoms with van der Waals surface area (Å²) < 4.78 is 0. The summed E-state index contributed by atoms with van der Waals surface area (Å²) in [6.07, 6.45) is 1.83. The molecule has 0 aliphatic heterocycles. The van der Waals surface area contributed by atoms with Crippen LogP contribution >= 0.6 is 11.3 Å². The summed E-state index contributed by atoms with van der Waals surface area (Å²) in [5.41, 5.74) is 7.86. The van der Waals surface area contributed by atoms with Gasteiger partial charge in [-0.2, -0.15) is 0 Å². The molecule has 144 valence electrons. The van der Waals surface area contributed by atoms with Gasteiger partial charge < -0.3 is 21.7 Å². The molecule has 7 nitrogen and oxygen atoms in total. The van der Waals surface area contributed by atoms with Crippen LogP contribution in [0.25, 0.3) is 0 Å². The fraction of sp³-hybridized carbons (Fsp3) is 0.150. The maximum Gasteiger partial charge on any atom is 0.280 e. The summed E-state index contributed by atoms with van der Waals surface area (Å²) in [6.45, 7) is 0.810. The van der Waals surface area contributed by atoms with Gasteiger partial charge in [-0.3, -0.25) is 9.59 Å². The number of nitrogens with two attached hydrogens (primary N) is 1. The first kappa shape index (κ1) is 19.4. The maximum atomic E-state index is 12.2. The van der Waals surface area contributed by atoms with Crippen molar-refractivity contribution in [2.24, 2.45) is 0 Å². The maximum absolute atomic E-state index is 12.2. The molecule has 0 atom stereocenters. The van der Waals surface area contributed by atoms with Crippen LogP contribution in [0.5, 0.6) is 0 Å². The number of aromatic nitrogens is 1. The van der Waals surface area contributed by atoms with Crippen LogP contribution in [0.2, 0.25) is 0 Å². The number of hydrogen-bond donors (Lipinski definition) is 4. The summed E-state index contributed by atoms with van der Waals surface area (Å²) in [4.78, 5) is 29.3.